The molecule has 0 aliphatic rings. The molecule has 7 nitrogen and oxygen atoms in total. The summed E-state index contributed by atoms with van der Waals surface area (Å²) in [6.07, 6.45) is 0. The Bertz CT molecular complexity index is 483. The minimum Gasteiger partial charge on any atom is -0.383 e. The number of nitriles is 1. The first kappa shape index (κ1) is 14.9. The average Bonchev–Trinajstić information content (AvgIpc) is 2.38. The summed E-state index contributed by atoms with van der Waals surface area (Å²) in [7, 11) is 1.57. The number of aryl methyl sites for hydroxylation is 1. The van der Waals surface area contributed by atoms with Crippen LogP contribution >= 0.6 is 0 Å². The summed E-state index contributed by atoms with van der Waals surface area (Å²) < 4.78 is 4.84. The average molecular weight is 263 g/mol. The highest BCUT2D eigenvalue weighted by molar-refractivity contribution is 5.83. The van der Waals surface area contributed by atoms with E-state index in [-0.39, 0.29) is 17.5 Å². The number of aromatic nitrogens is 2. The zero-order valence-corrected chi connectivity index (χ0v) is 11.2. The van der Waals surface area contributed by atoms with Gasteiger partial charge in [0.2, 0.25) is 11.9 Å². The Hall–Kier alpha value is -2.20. The first-order valence-electron chi connectivity index (χ1n) is 5.85. The molecule has 0 saturated heterocycles. The second-order valence-corrected chi connectivity index (χ2v) is 3.98. The standard InChI is InChI=1S/C12H17N5O2/c1-8-6-10(7-13)17-12(15-8)16-9(2)11(18)14-4-5-19-3/h6,9H,4-5H2,1-3H3,(H,14,18)(H,15,16,17). The SMILES string of the molecule is COCCNC(=O)C(C)Nc1nc(C)cc(C#N)n1. The van der Waals surface area contributed by atoms with Gasteiger partial charge in [0.1, 0.15) is 17.8 Å². The second-order valence-electron chi connectivity index (χ2n) is 3.98. The third kappa shape index (κ3) is 4.89. The van der Waals surface area contributed by atoms with Crippen LogP contribution in [0.1, 0.15) is 18.3 Å². The van der Waals surface area contributed by atoms with E-state index in [1.807, 2.05) is 6.07 Å². The molecule has 0 bridgehead atoms. The van der Waals surface area contributed by atoms with Crippen molar-refractivity contribution >= 4 is 11.9 Å². The van der Waals surface area contributed by atoms with Gasteiger partial charge in [0.25, 0.3) is 0 Å². The number of nitrogens with one attached hydrogen (secondary N) is 2. The summed E-state index contributed by atoms with van der Waals surface area (Å²) in [5.74, 6) is 0.0894. The largest absolute Gasteiger partial charge is 0.383 e. The predicted octanol–water partition coefficient (Wildman–Crippen LogP) is 0.220. The summed E-state index contributed by atoms with van der Waals surface area (Å²) in [6.45, 7) is 4.36. The molecule has 1 unspecified atom stereocenters. The maximum atomic E-state index is 11.7. The predicted molar refractivity (Wildman–Crippen MR) is 69.5 cm³/mol. The van der Waals surface area contributed by atoms with Crippen molar-refractivity contribution in [3.05, 3.63) is 17.5 Å². The highest BCUT2D eigenvalue weighted by Gasteiger charge is 2.13. The van der Waals surface area contributed by atoms with Crippen LogP contribution in [0, 0.1) is 18.3 Å². The normalized spacial score (nSPS) is 11.5. The number of ether oxygens (including phenoxy) is 1. The van der Waals surface area contributed by atoms with E-state index in [9.17, 15) is 4.79 Å². The molecule has 0 radical (unpaired) electrons. The van der Waals surface area contributed by atoms with E-state index in [0.717, 1.165) is 0 Å². The van der Waals surface area contributed by atoms with Crippen LogP contribution < -0.4 is 10.6 Å². The molecule has 1 amide bonds. The lowest BCUT2D eigenvalue weighted by molar-refractivity contribution is -0.121. The van der Waals surface area contributed by atoms with E-state index >= 15 is 0 Å². The van der Waals surface area contributed by atoms with Gasteiger partial charge in [-0.2, -0.15) is 5.26 Å². The van der Waals surface area contributed by atoms with Gasteiger partial charge in [0.15, 0.2) is 0 Å². The number of amides is 1. The summed E-state index contributed by atoms with van der Waals surface area (Å²) in [5, 5.41) is 14.4. The van der Waals surface area contributed by atoms with Crippen molar-refractivity contribution in [1.29, 1.82) is 5.26 Å². The van der Waals surface area contributed by atoms with Crippen LogP contribution in [0.25, 0.3) is 0 Å². The lowest BCUT2D eigenvalue weighted by Gasteiger charge is -2.14. The number of methoxy groups -OCH3 is 1. The third-order valence-electron chi connectivity index (χ3n) is 2.31. The maximum absolute atomic E-state index is 11.7. The van der Waals surface area contributed by atoms with Gasteiger partial charge in [-0.1, -0.05) is 0 Å². The highest BCUT2D eigenvalue weighted by atomic mass is 16.5. The van der Waals surface area contributed by atoms with E-state index in [0.29, 0.717) is 18.8 Å². The van der Waals surface area contributed by atoms with Gasteiger partial charge < -0.3 is 15.4 Å². The Balaban J connectivity index is 2.61. The van der Waals surface area contributed by atoms with Gasteiger partial charge in [0.05, 0.1) is 6.61 Å². The number of anilines is 1. The maximum Gasteiger partial charge on any atom is 0.242 e. The number of hydrogen-bond donors (Lipinski definition) is 2. The molecule has 1 heterocycles. The van der Waals surface area contributed by atoms with Crippen molar-refractivity contribution < 1.29 is 9.53 Å². The fourth-order valence-electron chi connectivity index (χ4n) is 1.38. The molecule has 0 spiro atoms. The van der Waals surface area contributed by atoms with E-state index in [2.05, 4.69) is 20.6 Å². The Morgan fingerprint density at radius 2 is 2.32 bits per heavy atom. The van der Waals surface area contributed by atoms with Crippen LogP contribution in [0.15, 0.2) is 6.07 Å². The van der Waals surface area contributed by atoms with Crippen LogP contribution in [0.2, 0.25) is 0 Å². The smallest absolute Gasteiger partial charge is 0.242 e. The van der Waals surface area contributed by atoms with Crippen LogP contribution in [-0.2, 0) is 9.53 Å². The Morgan fingerprint density at radius 3 is 2.95 bits per heavy atom. The van der Waals surface area contributed by atoms with Crippen molar-refractivity contribution in [3.8, 4) is 6.07 Å². The summed E-state index contributed by atoms with van der Waals surface area (Å²) >= 11 is 0. The lowest BCUT2D eigenvalue weighted by atomic mass is 10.3. The number of carbonyl (C=O) groups excluding carboxylic acids is 1. The van der Waals surface area contributed by atoms with Crippen LogP contribution in [0.5, 0.6) is 0 Å². The first-order valence-corrected chi connectivity index (χ1v) is 5.85. The van der Waals surface area contributed by atoms with Gasteiger partial charge in [-0.15, -0.1) is 0 Å². The van der Waals surface area contributed by atoms with Gasteiger partial charge in [-0.05, 0) is 19.9 Å². The van der Waals surface area contributed by atoms with E-state index in [1.165, 1.54) is 0 Å². The fraction of sp³-hybridized carbons (Fsp3) is 0.500. The monoisotopic (exact) mass is 263 g/mol. The van der Waals surface area contributed by atoms with E-state index < -0.39 is 6.04 Å². The molecule has 1 atom stereocenters. The fourth-order valence-corrected chi connectivity index (χ4v) is 1.38. The molecule has 1 aromatic heterocycles. The molecule has 0 saturated carbocycles. The van der Waals surface area contributed by atoms with Gasteiger partial charge in [0, 0.05) is 19.3 Å². The molecular weight excluding hydrogens is 246 g/mol. The molecule has 0 aliphatic carbocycles. The molecule has 0 fully saturated rings. The first-order chi connectivity index (χ1) is 9.06. The summed E-state index contributed by atoms with van der Waals surface area (Å²) in [6, 6.07) is 3.03. The number of nitrogens with zero attached hydrogens (tertiary/aromatic N) is 3. The molecule has 0 aromatic carbocycles. The third-order valence-corrected chi connectivity index (χ3v) is 2.31. The van der Waals surface area contributed by atoms with Crippen molar-refractivity contribution in [2.75, 3.05) is 25.6 Å². The van der Waals surface area contributed by atoms with Crippen molar-refractivity contribution in [2.24, 2.45) is 0 Å². The van der Waals surface area contributed by atoms with Gasteiger partial charge >= 0.3 is 0 Å². The second kappa shape index (κ2) is 7.28. The molecule has 1 aromatic rings. The summed E-state index contributed by atoms with van der Waals surface area (Å²) in [4.78, 5) is 19.8. The minimum atomic E-state index is -0.495. The van der Waals surface area contributed by atoms with Crippen molar-refractivity contribution in [3.63, 3.8) is 0 Å². The molecule has 2 N–H and O–H groups in total. The minimum absolute atomic E-state index is 0.180. The van der Waals surface area contributed by atoms with Crippen molar-refractivity contribution in [1.82, 2.24) is 15.3 Å². The van der Waals surface area contributed by atoms with Gasteiger partial charge in [-0.3, -0.25) is 4.79 Å². The van der Waals surface area contributed by atoms with E-state index in [4.69, 9.17) is 10.00 Å². The molecule has 1 rings (SSSR count). The number of rotatable bonds is 6. The molecular formula is C12H17N5O2. The number of hydrogen-bond acceptors (Lipinski definition) is 6. The van der Waals surface area contributed by atoms with Crippen LogP contribution in [0.4, 0.5) is 5.95 Å². The number of carbonyl (C=O) groups is 1. The topological polar surface area (TPSA) is 99.9 Å². The summed E-state index contributed by atoms with van der Waals surface area (Å²) in [5.41, 5.74) is 0.933. The molecule has 102 valence electrons. The zero-order valence-electron chi connectivity index (χ0n) is 11.2. The van der Waals surface area contributed by atoms with Crippen LogP contribution in [-0.4, -0.2) is 42.2 Å². The zero-order chi connectivity index (χ0) is 14.3. The Labute approximate surface area is 112 Å². The van der Waals surface area contributed by atoms with Crippen LogP contribution in [0.3, 0.4) is 0 Å². The van der Waals surface area contributed by atoms with Gasteiger partial charge in [-0.25, -0.2) is 9.97 Å². The van der Waals surface area contributed by atoms with E-state index in [1.54, 1.807) is 27.0 Å². The highest BCUT2D eigenvalue weighted by Crippen LogP contribution is 2.05. The lowest BCUT2D eigenvalue weighted by Crippen LogP contribution is -2.39. The molecule has 19 heavy (non-hydrogen) atoms. The quantitative estimate of drug-likeness (QED) is 0.712. The molecule has 0 aliphatic heterocycles. The Morgan fingerprint density at radius 1 is 1.58 bits per heavy atom. The van der Waals surface area contributed by atoms with Crippen molar-refractivity contribution in [2.45, 2.75) is 19.9 Å². The molecule has 7 heteroatoms. The Kier molecular flexibility index (Phi) is 5.70.